The highest BCUT2D eigenvalue weighted by Gasteiger charge is 2.22. The van der Waals surface area contributed by atoms with Crippen LogP contribution in [-0.2, 0) is 9.53 Å². The summed E-state index contributed by atoms with van der Waals surface area (Å²) in [6, 6.07) is 11.3. The van der Waals surface area contributed by atoms with Crippen LogP contribution in [0.3, 0.4) is 0 Å². The Bertz CT molecular complexity index is 939. The van der Waals surface area contributed by atoms with Gasteiger partial charge in [0.05, 0.1) is 5.56 Å². The second-order valence-electron chi connectivity index (χ2n) is 7.07. The second-order valence-corrected chi connectivity index (χ2v) is 7.07. The van der Waals surface area contributed by atoms with Crippen LogP contribution in [0.25, 0.3) is 0 Å². The Morgan fingerprint density at radius 2 is 1.73 bits per heavy atom. The minimum absolute atomic E-state index is 0.00488. The van der Waals surface area contributed by atoms with E-state index < -0.39 is 12.6 Å². The number of hydrogen-bond acceptors (Lipinski definition) is 6. The summed E-state index contributed by atoms with van der Waals surface area (Å²) in [6.07, 6.45) is 1.78. The number of esters is 1. The third kappa shape index (κ3) is 5.17. The maximum atomic E-state index is 13.0. The molecule has 7 heteroatoms. The number of nitrogens with one attached hydrogen (secondary N) is 1. The van der Waals surface area contributed by atoms with Crippen molar-refractivity contribution in [2.45, 2.75) is 32.7 Å². The molecule has 0 bridgehead atoms. The number of hydrogen-bond donors (Lipinski definition) is 1. The van der Waals surface area contributed by atoms with E-state index in [1.807, 2.05) is 13.8 Å². The third-order valence-corrected chi connectivity index (χ3v) is 4.66. The molecule has 0 unspecified atom stereocenters. The fourth-order valence-electron chi connectivity index (χ4n) is 3.23. The Hall–Kier alpha value is -3.35. The van der Waals surface area contributed by atoms with E-state index in [1.165, 1.54) is 6.07 Å². The van der Waals surface area contributed by atoms with Gasteiger partial charge in [-0.25, -0.2) is 4.79 Å². The van der Waals surface area contributed by atoms with E-state index in [0.29, 0.717) is 30.3 Å². The molecule has 1 heterocycles. The fraction of sp³-hybridized carbons (Fsp3) is 0.348. The van der Waals surface area contributed by atoms with Crippen molar-refractivity contribution in [2.75, 3.05) is 19.8 Å². The minimum atomic E-state index is -0.727. The number of ketones is 1. The summed E-state index contributed by atoms with van der Waals surface area (Å²) >= 11 is 0. The van der Waals surface area contributed by atoms with Crippen LogP contribution in [0, 0.1) is 0 Å². The molecule has 0 saturated heterocycles. The summed E-state index contributed by atoms with van der Waals surface area (Å²) in [5.74, 6) is -0.380. The smallest absolute Gasteiger partial charge is 0.339 e. The highest BCUT2D eigenvalue weighted by Crippen LogP contribution is 2.31. The number of amides is 1. The first-order valence-electron chi connectivity index (χ1n) is 9.99. The Kier molecular flexibility index (Phi) is 7.06. The molecule has 1 aliphatic rings. The standard InChI is InChI=1S/C23H25NO6/c1-3-6-15(2)24-21(25)14-30-23(27)18-8-5-4-7-17(18)22(26)16-9-10-19-20(13-16)29-12-11-28-19/h4-5,7-10,13,15H,3,6,11-12,14H2,1-2H3,(H,24,25)/t15-/m0/s1. The van der Waals surface area contributed by atoms with Crippen molar-refractivity contribution in [3.63, 3.8) is 0 Å². The Morgan fingerprint density at radius 3 is 2.47 bits per heavy atom. The molecular weight excluding hydrogens is 386 g/mol. The van der Waals surface area contributed by atoms with Gasteiger partial charge in [-0.05, 0) is 37.6 Å². The number of benzene rings is 2. The first-order chi connectivity index (χ1) is 14.5. The van der Waals surface area contributed by atoms with Crippen molar-refractivity contribution in [2.24, 2.45) is 0 Å². The SMILES string of the molecule is CCC[C@H](C)NC(=O)COC(=O)c1ccccc1C(=O)c1ccc2c(c1)OCCO2. The Balaban J connectivity index is 1.71. The molecule has 2 aromatic carbocycles. The van der Waals surface area contributed by atoms with E-state index in [9.17, 15) is 14.4 Å². The molecule has 7 nitrogen and oxygen atoms in total. The second kappa shape index (κ2) is 9.91. The lowest BCUT2D eigenvalue weighted by Gasteiger charge is -2.18. The predicted molar refractivity (Wildman–Crippen MR) is 110 cm³/mol. The van der Waals surface area contributed by atoms with Crippen LogP contribution < -0.4 is 14.8 Å². The van der Waals surface area contributed by atoms with Gasteiger partial charge in [-0.2, -0.15) is 0 Å². The van der Waals surface area contributed by atoms with Gasteiger partial charge in [0.25, 0.3) is 5.91 Å². The third-order valence-electron chi connectivity index (χ3n) is 4.66. The van der Waals surface area contributed by atoms with Gasteiger partial charge in [0.15, 0.2) is 23.9 Å². The fourth-order valence-corrected chi connectivity index (χ4v) is 3.23. The topological polar surface area (TPSA) is 90.9 Å². The number of carbonyl (C=O) groups is 3. The molecule has 0 aliphatic carbocycles. The molecule has 1 amide bonds. The van der Waals surface area contributed by atoms with Crippen LogP contribution in [0.1, 0.15) is 53.0 Å². The summed E-state index contributed by atoms with van der Waals surface area (Å²) in [5, 5.41) is 2.77. The normalized spacial score (nSPS) is 13.3. The summed E-state index contributed by atoms with van der Waals surface area (Å²) < 4.78 is 16.1. The summed E-state index contributed by atoms with van der Waals surface area (Å²) in [4.78, 5) is 37.5. The molecule has 1 atom stereocenters. The van der Waals surface area contributed by atoms with E-state index in [4.69, 9.17) is 14.2 Å². The van der Waals surface area contributed by atoms with Crippen molar-refractivity contribution in [1.29, 1.82) is 0 Å². The average Bonchev–Trinajstić information content (AvgIpc) is 2.76. The highest BCUT2D eigenvalue weighted by atomic mass is 16.6. The zero-order valence-electron chi connectivity index (χ0n) is 17.1. The lowest BCUT2D eigenvalue weighted by Crippen LogP contribution is -2.35. The van der Waals surface area contributed by atoms with Crippen molar-refractivity contribution in [3.05, 3.63) is 59.2 Å². The van der Waals surface area contributed by atoms with Crippen LogP contribution in [0.15, 0.2) is 42.5 Å². The average molecular weight is 411 g/mol. The number of carbonyl (C=O) groups excluding carboxylic acids is 3. The minimum Gasteiger partial charge on any atom is -0.486 e. The highest BCUT2D eigenvalue weighted by molar-refractivity contribution is 6.14. The molecule has 2 aromatic rings. The van der Waals surface area contributed by atoms with Gasteiger partial charge in [-0.3, -0.25) is 9.59 Å². The van der Waals surface area contributed by atoms with E-state index >= 15 is 0 Å². The summed E-state index contributed by atoms with van der Waals surface area (Å²) in [5.41, 5.74) is 0.663. The van der Waals surface area contributed by atoms with Gasteiger partial charge >= 0.3 is 5.97 Å². The van der Waals surface area contributed by atoms with Crippen LogP contribution >= 0.6 is 0 Å². The van der Waals surface area contributed by atoms with Crippen LogP contribution in [0.2, 0.25) is 0 Å². The van der Waals surface area contributed by atoms with Crippen molar-refractivity contribution in [1.82, 2.24) is 5.32 Å². The maximum Gasteiger partial charge on any atom is 0.339 e. The van der Waals surface area contributed by atoms with E-state index in [-0.39, 0.29) is 28.9 Å². The van der Waals surface area contributed by atoms with Gasteiger partial charge in [0.2, 0.25) is 0 Å². The monoisotopic (exact) mass is 411 g/mol. The largest absolute Gasteiger partial charge is 0.486 e. The number of fused-ring (bicyclic) bond motifs is 1. The van der Waals surface area contributed by atoms with E-state index in [0.717, 1.165) is 12.8 Å². The lowest BCUT2D eigenvalue weighted by molar-refractivity contribution is -0.124. The van der Waals surface area contributed by atoms with Crippen molar-refractivity contribution < 1.29 is 28.6 Å². The lowest BCUT2D eigenvalue weighted by atomic mass is 9.98. The van der Waals surface area contributed by atoms with Crippen LogP contribution in [0.4, 0.5) is 0 Å². The zero-order valence-corrected chi connectivity index (χ0v) is 17.1. The molecule has 0 spiro atoms. The molecule has 1 N–H and O–H groups in total. The van der Waals surface area contributed by atoms with Crippen LogP contribution in [-0.4, -0.2) is 43.5 Å². The summed E-state index contributed by atoms with van der Waals surface area (Å²) in [6.45, 7) is 4.38. The molecule has 3 rings (SSSR count). The van der Waals surface area contributed by atoms with Crippen molar-refractivity contribution in [3.8, 4) is 11.5 Å². The predicted octanol–water partition coefficient (Wildman–Crippen LogP) is 3.15. The summed E-state index contributed by atoms with van der Waals surface area (Å²) in [7, 11) is 0. The molecule has 0 aromatic heterocycles. The molecule has 0 radical (unpaired) electrons. The van der Waals surface area contributed by atoms with Gasteiger partial charge in [-0.1, -0.05) is 31.5 Å². The molecular formula is C23H25NO6. The Labute approximate surface area is 175 Å². The molecule has 1 aliphatic heterocycles. The number of rotatable bonds is 8. The molecule has 30 heavy (non-hydrogen) atoms. The van der Waals surface area contributed by atoms with E-state index in [1.54, 1.807) is 36.4 Å². The number of ether oxygens (including phenoxy) is 3. The zero-order chi connectivity index (χ0) is 21.5. The van der Waals surface area contributed by atoms with E-state index in [2.05, 4.69) is 5.32 Å². The molecule has 0 fully saturated rings. The molecule has 0 saturated carbocycles. The quantitative estimate of drug-likeness (QED) is 0.530. The van der Waals surface area contributed by atoms with Crippen LogP contribution in [0.5, 0.6) is 11.5 Å². The van der Waals surface area contributed by atoms with Gasteiger partial charge in [-0.15, -0.1) is 0 Å². The first-order valence-corrected chi connectivity index (χ1v) is 9.99. The van der Waals surface area contributed by atoms with Gasteiger partial charge in [0, 0.05) is 17.2 Å². The van der Waals surface area contributed by atoms with Gasteiger partial charge < -0.3 is 19.5 Å². The van der Waals surface area contributed by atoms with Crippen molar-refractivity contribution >= 4 is 17.7 Å². The Morgan fingerprint density at radius 1 is 1.03 bits per heavy atom. The first kappa shape index (κ1) is 21.4. The molecule has 158 valence electrons. The maximum absolute atomic E-state index is 13.0. The van der Waals surface area contributed by atoms with Gasteiger partial charge in [0.1, 0.15) is 13.2 Å².